The number of aryl methyl sites for hydroxylation is 1. The summed E-state index contributed by atoms with van der Waals surface area (Å²) in [4.78, 5) is 38.9. The van der Waals surface area contributed by atoms with Crippen LogP contribution in [0.25, 0.3) is 0 Å². The number of rotatable bonds is 3. The molecule has 4 rings (SSSR count). The molecule has 1 unspecified atom stereocenters. The van der Waals surface area contributed by atoms with Crippen LogP contribution in [0.1, 0.15) is 23.1 Å². The molecule has 1 fully saturated rings. The van der Waals surface area contributed by atoms with Crippen molar-refractivity contribution >= 4 is 35.1 Å². The van der Waals surface area contributed by atoms with Gasteiger partial charge in [-0.25, -0.2) is 4.79 Å². The van der Waals surface area contributed by atoms with Gasteiger partial charge < -0.3 is 10.6 Å². The van der Waals surface area contributed by atoms with E-state index in [1.807, 2.05) is 24.3 Å². The highest BCUT2D eigenvalue weighted by atomic mass is 35.5. The molecule has 1 heterocycles. The Morgan fingerprint density at radius 3 is 2.81 bits per heavy atom. The highest BCUT2D eigenvalue weighted by molar-refractivity contribution is 6.31. The monoisotopic (exact) mass is 383 g/mol. The summed E-state index contributed by atoms with van der Waals surface area (Å²) in [5.74, 6) is -0.831. The first-order valence-electron chi connectivity index (χ1n) is 8.70. The molecule has 1 aliphatic carbocycles. The SMILES string of the molecule is Cc1c(Cl)cccc1NC(=O)CN1C(=O)NC2(CCc3ccccc32)C1=O. The highest BCUT2D eigenvalue weighted by Crippen LogP contribution is 2.41. The van der Waals surface area contributed by atoms with Crippen molar-refractivity contribution < 1.29 is 14.4 Å². The summed E-state index contributed by atoms with van der Waals surface area (Å²) < 4.78 is 0. The minimum atomic E-state index is -1.06. The topological polar surface area (TPSA) is 78.5 Å². The number of carbonyl (C=O) groups is 3. The smallest absolute Gasteiger partial charge is 0.324 e. The molecule has 2 N–H and O–H groups in total. The number of halogens is 1. The van der Waals surface area contributed by atoms with Crippen molar-refractivity contribution in [2.45, 2.75) is 25.3 Å². The number of nitrogens with zero attached hydrogens (tertiary/aromatic N) is 1. The second-order valence-electron chi connectivity index (χ2n) is 6.84. The number of urea groups is 1. The summed E-state index contributed by atoms with van der Waals surface area (Å²) in [6, 6.07) is 12.2. The Morgan fingerprint density at radius 2 is 2.00 bits per heavy atom. The average molecular weight is 384 g/mol. The molecule has 0 bridgehead atoms. The van der Waals surface area contributed by atoms with Crippen LogP contribution in [0, 0.1) is 6.92 Å². The second kappa shape index (κ2) is 6.39. The zero-order valence-electron chi connectivity index (χ0n) is 14.7. The maximum absolute atomic E-state index is 13.1. The van der Waals surface area contributed by atoms with Crippen LogP contribution in [0.4, 0.5) is 10.5 Å². The zero-order valence-corrected chi connectivity index (χ0v) is 15.5. The van der Waals surface area contributed by atoms with Gasteiger partial charge in [0.2, 0.25) is 5.91 Å². The van der Waals surface area contributed by atoms with Gasteiger partial charge in [-0.15, -0.1) is 0 Å². The molecule has 4 amide bonds. The molecule has 0 saturated carbocycles. The van der Waals surface area contributed by atoms with Crippen LogP contribution in [0.15, 0.2) is 42.5 Å². The van der Waals surface area contributed by atoms with Gasteiger partial charge >= 0.3 is 6.03 Å². The number of fused-ring (bicyclic) bond motifs is 2. The van der Waals surface area contributed by atoms with Crippen molar-refractivity contribution in [3.8, 4) is 0 Å². The lowest BCUT2D eigenvalue weighted by Gasteiger charge is -2.22. The number of hydrogen-bond acceptors (Lipinski definition) is 3. The molecule has 2 aliphatic rings. The van der Waals surface area contributed by atoms with E-state index in [1.165, 1.54) is 0 Å². The largest absolute Gasteiger partial charge is 0.325 e. The molecule has 2 aromatic rings. The van der Waals surface area contributed by atoms with Gasteiger partial charge in [-0.2, -0.15) is 0 Å². The molecule has 6 nitrogen and oxygen atoms in total. The van der Waals surface area contributed by atoms with E-state index in [1.54, 1.807) is 25.1 Å². The molecular formula is C20H18ClN3O3. The van der Waals surface area contributed by atoms with Gasteiger partial charge in [0, 0.05) is 10.7 Å². The first-order chi connectivity index (χ1) is 12.9. The van der Waals surface area contributed by atoms with Crippen LogP contribution < -0.4 is 10.6 Å². The molecule has 0 radical (unpaired) electrons. The maximum Gasteiger partial charge on any atom is 0.325 e. The molecule has 1 spiro atoms. The van der Waals surface area contributed by atoms with Crippen LogP contribution in [0.2, 0.25) is 5.02 Å². The van der Waals surface area contributed by atoms with Gasteiger partial charge in [-0.1, -0.05) is 41.9 Å². The Labute approximate surface area is 161 Å². The lowest BCUT2D eigenvalue weighted by molar-refractivity contribution is -0.134. The predicted molar refractivity (Wildman–Crippen MR) is 102 cm³/mol. The molecule has 2 aromatic carbocycles. The maximum atomic E-state index is 13.1. The van der Waals surface area contributed by atoms with Gasteiger partial charge in [0.1, 0.15) is 12.1 Å². The van der Waals surface area contributed by atoms with Crippen molar-refractivity contribution in [3.63, 3.8) is 0 Å². The van der Waals surface area contributed by atoms with Crippen LogP contribution in [0.5, 0.6) is 0 Å². The Bertz CT molecular complexity index is 975. The van der Waals surface area contributed by atoms with E-state index in [0.29, 0.717) is 23.6 Å². The van der Waals surface area contributed by atoms with Crippen molar-refractivity contribution in [1.82, 2.24) is 10.2 Å². The molecule has 138 valence electrons. The van der Waals surface area contributed by atoms with E-state index in [-0.39, 0.29) is 12.5 Å². The highest BCUT2D eigenvalue weighted by Gasteiger charge is 2.55. The fourth-order valence-corrected chi connectivity index (χ4v) is 3.98. The van der Waals surface area contributed by atoms with Gasteiger partial charge in [-0.05, 0) is 48.6 Å². The van der Waals surface area contributed by atoms with Gasteiger partial charge in [-0.3, -0.25) is 14.5 Å². The molecule has 0 aromatic heterocycles. The summed E-state index contributed by atoms with van der Waals surface area (Å²) >= 11 is 6.06. The first kappa shape index (κ1) is 17.5. The molecular weight excluding hydrogens is 366 g/mol. The van der Waals surface area contributed by atoms with Crippen LogP contribution in [-0.4, -0.2) is 29.3 Å². The summed E-state index contributed by atoms with van der Waals surface area (Å²) in [6.45, 7) is 1.44. The fraction of sp³-hybridized carbons (Fsp3) is 0.250. The van der Waals surface area contributed by atoms with Crippen molar-refractivity contribution in [2.75, 3.05) is 11.9 Å². The minimum Gasteiger partial charge on any atom is -0.324 e. The fourth-order valence-electron chi connectivity index (χ4n) is 3.81. The average Bonchev–Trinajstić information content (AvgIpc) is 3.13. The summed E-state index contributed by atoms with van der Waals surface area (Å²) in [7, 11) is 0. The van der Waals surface area contributed by atoms with Crippen LogP contribution >= 0.6 is 11.6 Å². The van der Waals surface area contributed by atoms with E-state index in [2.05, 4.69) is 10.6 Å². The lowest BCUT2D eigenvalue weighted by Crippen LogP contribution is -2.43. The molecule has 1 saturated heterocycles. The summed E-state index contributed by atoms with van der Waals surface area (Å²) in [5, 5.41) is 6.06. The Balaban J connectivity index is 1.54. The van der Waals surface area contributed by atoms with Gasteiger partial charge in [0.05, 0.1) is 0 Å². The number of amides is 4. The second-order valence-corrected chi connectivity index (χ2v) is 7.25. The van der Waals surface area contributed by atoms with Crippen LogP contribution in [-0.2, 0) is 21.5 Å². The number of benzene rings is 2. The zero-order chi connectivity index (χ0) is 19.2. The summed E-state index contributed by atoms with van der Waals surface area (Å²) in [6.07, 6.45) is 1.21. The Hall–Kier alpha value is -2.86. The van der Waals surface area contributed by atoms with Crippen molar-refractivity contribution in [2.24, 2.45) is 0 Å². The third-order valence-electron chi connectivity index (χ3n) is 5.27. The van der Waals surface area contributed by atoms with E-state index in [0.717, 1.165) is 21.6 Å². The van der Waals surface area contributed by atoms with Crippen molar-refractivity contribution in [3.05, 3.63) is 64.2 Å². The Morgan fingerprint density at radius 1 is 1.22 bits per heavy atom. The number of anilines is 1. The number of carbonyl (C=O) groups excluding carboxylic acids is 3. The molecule has 7 heteroatoms. The standard InChI is InChI=1S/C20H18ClN3O3/c1-12-15(21)7-4-8-16(12)22-17(25)11-24-18(26)20(23-19(24)27)10-9-13-5-2-3-6-14(13)20/h2-8H,9-11H2,1H3,(H,22,25)(H,23,27). The number of nitrogens with one attached hydrogen (secondary N) is 2. The van der Waals surface area contributed by atoms with E-state index < -0.39 is 17.5 Å². The quantitative estimate of drug-likeness (QED) is 0.800. The molecule has 1 aliphatic heterocycles. The van der Waals surface area contributed by atoms with Crippen molar-refractivity contribution in [1.29, 1.82) is 0 Å². The minimum absolute atomic E-state index is 0.347. The molecule has 1 atom stereocenters. The third-order valence-corrected chi connectivity index (χ3v) is 5.68. The summed E-state index contributed by atoms with van der Waals surface area (Å²) in [5.41, 5.74) is 2.09. The number of imide groups is 1. The normalized spacial score (nSPS) is 20.7. The van der Waals surface area contributed by atoms with Crippen LogP contribution in [0.3, 0.4) is 0 Å². The first-order valence-corrected chi connectivity index (χ1v) is 9.07. The number of hydrogen-bond donors (Lipinski definition) is 2. The Kier molecular flexibility index (Phi) is 4.15. The molecule has 27 heavy (non-hydrogen) atoms. The van der Waals surface area contributed by atoms with E-state index >= 15 is 0 Å². The third kappa shape index (κ3) is 2.77. The van der Waals surface area contributed by atoms with E-state index in [9.17, 15) is 14.4 Å². The van der Waals surface area contributed by atoms with Gasteiger partial charge in [0.15, 0.2) is 0 Å². The van der Waals surface area contributed by atoms with Gasteiger partial charge in [0.25, 0.3) is 5.91 Å². The lowest BCUT2D eigenvalue weighted by atomic mass is 9.92. The van der Waals surface area contributed by atoms with E-state index in [4.69, 9.17) is 11.6 Å². The predicted octanol–water partition coefficient (Wildman–Crippen LogP) is 2.98.